The molecule has 0 spiro atoms. The first kappa shape index (κ1) is 26.8. The fourth-order valence-electron chi connectivity index (χ4n) is 6.66. The molecule has 6 rings (SSSR count). The Morgan fingerprint density at radius 2 is 2.15 bits per heavy atom. The third-order valence-corrected chi connectivity index (χ3v) is 8.75. The van der Waals surface area contributed by atoms with E-state index in [0.717, 1.165) is 51.7 Å². The number of alkyl halides is 2. The zero-order valence-corrected chi connectivity index (χ0v) is 22.8. The van der Waals surface area contributed by atoms with Crippen molar-refractivity contribution in [1.82, 2.24) is 25.2 Å². The van der Waals surface area contributed by atoms with Gasteiger partial charge < -0.3 is 26.1 Å². The summed E-state index contributed by atoms with van der Waals surface area (Å²) in [6, 6.07) is 5.71. The van der Waals surface area contributed by atoms with Gasteiger partial charge in [0.1, 0.15) is 25.3 Å². The summed E-state index contributed by atoms with van der Waals surface area (Å²) in [6.45, 7) is 5.17. The Bertz CT molecular complexity index is 1420. The van der Waals surface area contributed by atoms with Gasteiger partial charge in [-0.25, -0.2) is 8.78 Å². The van der Waals surface area contributed by atoms with E-state index in [1.165, 1.54) is 0 Å². The predicted molar refractivity (Wildman–Crippen MR) is 153 cm³/mol. The van der Waals surface area contributed by atoms with Gasteiger partial charge in [-0.1, -0.05) is 19.1 Å². The van der Waals surface area contributed by atoms with E-state index in [-0.39, 0.29) is 18.2 Å². The Morgan fingerprint density at radius 3 is 2.95 bits per heavy atom. The van der Waals surface area contributed by atoms with Crippen molar-refractivity contribution in [2.24, 2.45) is 0 Å². The predicted octanol–water partition coefficient (Wildman–Crippen LogP) is 3.88. The van der Waals surface area contributed by atoms with Crippen molar-refractivity contribution in [3.05, 3.63) is 35.5 Å². The largest absolute Gasteiger partial charge is 0.461 e. The first-order valence-electron chi connectivity index (χ1n) is 14.1. The molecule has 0 bridgehead atoms. The van der Waals surface area contributed by atoms with Crippen molar-refractivity contribution < 1.29 is 13.5 Å². The minimum Gasteiger partial charge on any atom is -0.461 e. The number of ether oxygens (including phenoxy) is 1. The van der Waals surface area contributed by atoms with Gasteiger partial charge in [-0.05, 0) is 31.9 Å². The van der Waals surface area contributed by atoms with Crippen molar-refractivity contribution in [3.8, 4) is 17.3 Å². The molecule has 5 heterocycles. The topological polar surface area (TPSA) is 116 Å². The van der Waals surface area contributed by atoms with E-state index in [4.69, 9.17) is 25.8 Å². The van der Waals surface area contributed by atoms with Crippen molar-refractivity contribution in [2.75, 3.05) is 50.0 Å². The van der Waals surface area contributed by atoms with Gasteiger partial charge in [0.25, 0.3) is 0 Å². The Kier molecular flexibility index (Phi) is 7.26. The fourth-order valence-corrected chi connectivity index (χ4v) is 6.66. The number of aromatic nitrogens is 3. The van der Waals surface area contributed by atoms with Gasteiger partial charge in [0.15, 0.2) is 0 Å². The van der Waals surface area contributed by atoms with E-state index >= 15 is 0 Å². The Hall–Kier alpha value is -3.44. The Balaban J connectivity index is 1.47. The minimum absolute atomic E-state index is 0.157. The van der Waals surface area contributed by atoms with E-state index in [0.29, 0.717) is 63.8 Å². The molecule has 0 radical (unpaired) electrons. The summed E-state index contributed by atoms with van der Waals surface area (Å²) in [6.07, 6.45) is 5.27. The summed E-state index contributed by atoms with van der Waals surface area (Å²) in [4.78, 5) is 18.6. The van der Waals surface area contributed by atoms with Gasteiger partial charge >= 0.3 is 6.01 Å². The maximum atomic E-state index is 14.9. The number of anilines is 2. The van der Waals surface area contributed by atoms with Crippen molar-refractivity contribution in [3.63, 3.8) is 0 Å². The summed E-state index contributed by atoms with van der Waals surface area (Å²) in [5.74, 6) is 0.657. The average molecular weight is 551 g/mol. The van der Waals surface area contributed by atoms with Crippen LogP contribution in [0.25, 0.3) is 22.2 Å². The second-order valence-electron chi connectivity index (χ2n) is 11.1. The van der Waals surface area contributed by atoms with E-state index in [1.54, 1.807) is 24.4 Å². The van der Waals surface area contributed by atoms with Crippen LogP contribution in [-0.4, -0.2) is 83.1 Å². The lowest BCUT2D eigenvalue weighted by atomic mass is 9.95. The van der Waals surface area contributed by atoms with Crippen LogP contribution in [-0.2, 0) is 6.67 Å². The molecule has 212 valence electrons. The number of piperazine rings is 1. The maximum absolute atomic E-state index is 14.9. The van der Waals surface area contributed by atoms with E-state index < -0.39 is 12.8 Å². The number of halogens is 2. The van der Waals surface area contributed by atoms with Gasteiger partial charge in [0.05, 0.1) is 22.1 Å². The zero-order valence-electron chi connectivity index (χ0n) is 22.8. The number of rotatable bonds is 8. The first-order valence-corrected chi connectivity index (χ1v) is 14.1. The Labute approximate surface area is 232 Å². The maximum Gasteiger partial charge on any atom is 0.319 e. The molecule has 3 aliphatic heterocycles. The van der Waals surface area contributed by atoms with E-state index in [9.17, 15) is 8.78 Å². The molecule has 0 amide bonds. The molecular formula is C29H36F2N8O. The lowest BCUT2D eigenvalue weighted by molar-refractivity contribution is 0.107. The molecule has 3 fully saturated rings. The van der Waals surface area contributed by atoms with E-state index in [2.05, 4.69) is 27.0 Å². The second-order valence-corrected chi connectivity index (χ2v) is 11.1. The fraction of sp³-hybridized carbons (Fsp3) is 0.517. The van der Waals surface area contributed by atoms with Crippen LogP contribution in [0.2, 0.25) is 0 Å². The summed E-state index contributed by atoms with van der Waals surface area (Å²) < 4.78 is 35.6. The number of hydrogen-bond acceptors (Lipinski definition) is 9. The second kappa shape index (κ2) is 10.9. The number of pyridine rings is 1. The molecule has 0 saturated carbocycles. The summed E-state index contributed by atoms with van der Waals surface area (Å²) in [7, 11) is 0. The standard InChI is InChI=1S/C29H36F2N8O/c1-2-19-16-38(10-8-34-19)27-23-14-35-25(20-5-3-6-24(33)22(20)13-32)21(12-30)26(23)36-28(37-27)40-17-29-7-4-9-39(29)15-18(31)11-29/h3,5-6,13-14,18-19,32,34H,2,4,7-12,15-17,33H2,1H3/t18-,19?,29+/m1/s1. The van der Waals surface area contributed by atoms with Crippen molar-refractivity contribution >= 4 is 28.6 Å². The van der Waals surface area contributed by atoms with Crippen LogP contribution in [0.5, 0.6) is 6.01 Å². The minimum atomic E-state index is -0.864. The summed E-state index contributed by atoms with van der Waals surface area (Å²) in [5.41, 5.74) is 8.36. The van der Waals surface area contributed by atoms with Gasteiger partial charge in [0.2, 0.25) is 0 Å². The number of nitrogen functional groups attached to an aromatic ring is 1. The molecule has 3 atom stereocenters. The third-order valence-electron chi connectivity index (χ3n) is 8.75. The molecule has 9 nitrogen and oxygen atoms in total. The lowest BCUT2D eigenvalue weighted by Crippen LogP contribution is -2.50. The molecule has 1 aromatic carbocycles. The SMILES string of the molecule is CCC1CN(c2nc(OC[C@@]34CCCN3C[C@H](F)C4)nc3c(CF)c(-c4cccc(N)c4C=N)ncc23)CCN1. The van der Waals surface area contributed by atoms with E-state index in [1.807, 2.05) is 0 Å². The van der Waals surface area contributed by atoms with Gasteiger partial charge in [0, 0.05) is 73.4 Å². The van der Waals surface area contributed by atoms with Crippen molar-refractivity contribution in [1.29, 1.82) is 5.41 Å². The van der Waals surface area contributed by atoms with Crippen LogP contribution in [0.3, 0.4) is 0 Å². The van der Waals surface area contributed by atoms with Gasteiger partial charge in [-0.15, -0.1) is 0 Å². The number of fused-ring (bicyclic) bond motifs is 2. The zero-order chi connectivity index (χ0) is 27.9. The smallest absolute Gasteiger partial charge is 0.319 e. The van der Waals surface area contributed by atoms with Crippen LogP contribution in [0.1, 0.15) is 43.7 Å². The molecule has 2 aromatic heterocycles. The molecule has 11 heteroatoms. The number of hydrogen-bond donors (Lipinski definition) is 3. The van der Waals surface area contributed by atoms with Crippen LogP contribution >= 0.6 is 0 Å². The Morgan fingerprint density at radius 1 is 1.27 bits per heavy atom. The highest BCUT2D eigenvalue weighted by atomic mass is 19.1. The van der Waals surface area contributed by atoms with Crippen LogP contribution in [0.15, 0.2) is 24.4 Å². The molecule has 40 heavy (non-hydrogen) atoms. The lowest BCUT2D eigenvalue weighted by Gasteiger charge is -2.35. The molecular weight excluding hydrogens is 514 g/mol. The quantitative estimate of drug-likeness (QED) is 0.286. The highest BCUT2D eigenvalue weighted by Gasteiger charge is 2.49. The average Bonchev–Trinajstić information content (AvgIpc) is 3.50. The molecule has 0 aliphatic carbocycles. The normalized spacial score (nSPS) is 24.9. The molecule has 1 unspecified atom stereocenters. The summed E-state index contributed by atoms with van der Waals surface area (Å²) >= 11 is 0. The highest BCUT2D eigenvalue weighted by Crippen LogP contribution is 2.41. The molecule has 3 aliphatic rings. The molecule has 4 N–H and O–H groups in total. The number of nitrogens with one attached hydrogen (secondary N) is 2. The van der Waals surface area contributed by atoms with Gasteiger partial charge in [-0.2, -0.15) is 9.97 Å². The van der Waals surface area contributed by atoms with Crippen LogP contribution in [0, 0.1) is 5.41 Å². The monoisotopic (exact) mass is 550 g/mol. The van der Waals surface area contributed by atoms with Crippen LogP contribution in [0.4, 0.5) is 20.3 Å². The first-order chi connectivity index (χ1) is 19.5. The van der Waals surface area contributed by atoms with Gasteiger partial charge in [-0.3, -0.25) is 9.88 Å². The summed E-state index contributed by atoms with van der Waals surface area (Å²) in [5, 5.41) is 12.1. The number of nitrogens with two attached hydrogens (primary N) is 1. The molecule has 3 aromatic rings. The molecule has 3 saturated heterocycles. The highest BCUT2D eigenvalue weighted by molar-refractivity contribution is 5.99. The third kappa shape index (κ3) is 4.64. The number of benzene rings is 1. The van der Waals surface area contributed by atoms with Crippen molar-refractivity contribution in [2.45, 2.75) is 57.0 Å². The van der Waals surface area contributed by atoms with Crippen LogP contribution < -0.4 is 20.7 Å². The number of nitrogens with zero attached hydrogens (tertiary/aromatic N) is 5.